The number of ether oxygens (including phenoxy) is 1. The van der Waals surface area contributed by atoms with Crippen LogP contribution in [-0.4, -0.2) is 54.4 Å². The standard InChI is InChI=1S/C21H32N2O3/c1-15-7-8-16(2)20(17(15)3)26-14-19(25)23-11-9-22(10-12-23)18(24)13-21(4,5)6/h7-8H,9-14H2,1-6H3. The van der Waals surface area contributed by atoms with E-state index >= 15 is 0 Å². The number of rotatable bonds is 4. The van der Waals surface area contributed by atoms with Gasteiger partial charge in [-0.2, -0.15) is 0 Å². The van der Waals surface area contributed by atoms with Gasteiger partial charge in [0.05, 0.1) is 0 Å². The number of amides is 2. The van der Waals surface area contributed by atoms with Crippen LogP contribution in [0.25, 0.3) is 0 Å². The summed E-state index contributed by atoms with van der Waals surface area (Å²) in [7, 11) is 0. The fraction of sp³-hybridized carbons (Fsp3) is 0.619. The fourth-order valence-electron chi connectivity index (χ4n) is 3.14. The minimum atomic E-state index is -0.0202. The number of carbonyl (C=O) groups excluding carboxylic acids is 2. The zero-order valence-electron chi connectivity index (χ0n) is 17.0. The normalized spacial score (nSPS) is 15.2. The first-order valence-electron chi connectivity index (χ1n) is 9.33. The topological polar surface area (TPSA) is 49.9 Å². The molecule has 1 aromatic carbocycles. The van der Waals surface area contributed by atoms with Crippen LogP contribution >= 0.6 is 0 Å². The fourth-order valence-corrected chi connectivity index (χ4v) is 3.14. The largest absolute Gasteiger partial charge is 0.483 e. The Bertz CT molecular complexity index is 669. The van der Waals surface area contributed by atoms with E-state index in [1.54, 1.807) is 4.90 Å². The number of aryl methyl sites for hydroxylation is 2. The van der Waals surface area contributed by atoms with Crippen molar-refractivity contribution in [3.05, 3.63) is 28.8 Å². The number of piperazine rings is 1. The van der Waals surface area contributed by atoms with E-state index in [1.807, 2.05) is 31.7 Å². The van der Waals surface area contributed by atoms with E-state index in [0.29, 0.717) is 32.6 Å². The zero-order chi connectivity index (χ0) is 19.5. The lowest BCUT2D eigenvalue weighted by molar-refractivity contribution is -0.141. The third kappa shape index (κ3) is 5.23. The highest BCUT2D eigenvalue weighted by molar-refractivity contribution is 5.79. The maximum absolute atomic E-state index is 12.5. The van der Waals surface area contributed by atoms with Crippen molar-refractivity contribution in [2.24, 2.45) is 5.41 Å². The second kappa shape index (κ2) is 8.11. The smallest absolute Gasteiger partial charge is 0.260 e. The van der Waals surface area contributed by atoms with Gasteiger partial charge in [0.2, 0.25) is 5.91 Å². The van der Waals surface area contributed by atoms with Gasteiger partial charge in [0.1, 0.15) is 5.75 Å². The molecule has 1 aliphatic heterocycles. The number of hydrogen-bond acceptors (Lipinski definition) is 3. The first kappa shape index (κ1) is 20.3. The molecule has 0 radical (unpaired) electrons. The molecule has 1 aliphatic rings. The monoisotopic (exact) mass is 360 g/mol. The maximum atomic E-state index is 12.5. The number of benzene rings is 1. The Labute approximate surface area is 157 Å². The van der Waals surface area contributed by atoms with Crippen molar-refractivity contribution >= 4 is 11.8 Å². The van der Waals surface area contributed by atoms with Gasteiger partial charge in [0, 0.05) is 32.6 Å². The average molecular weight is 360 g/mol. The lowest BCUT2D eigenvalue weighted by Crippen LogP contribution is -2.52. The highest BCUT2D eigenvalue weighted by Crippen LogP contribution is 2.26. The summed E-state index contributed by atoms with van der Waals surface area (Å²) in [4.78, 5) is 28.4. The van der Waals surface area contributed by atoms with E-state index in [4.69, 9.17) is 4.74 Å². The minimum absolute atomic E-state index is 0.0125. The maximum Gasteiger partial charge on any atom is 0.260 e. The molecule has 5 nitrogen and oxygen atoms in total. The number of carbonyl (C=O) groups is 2. The van der Waals surface area contributed by atoms with E-state index < -0.39 is 0 Å². The molecular weight excluding hydrogens is 328 g/mol. The molecule has 0 N–H and O–H groups in total. The van der Waals surface area contributed by atoms with Crippen molar-refractivity contribution in [3.63, 3.8) is 0 Å². The minimum Gasteiger partial charge on any atom is -0.483 e. The molecule has 0 unspecified atom stereocenters. The van der Waals surface area contributed by atoms with Gasteiger partial charge < -0.3 is 14.5 Å². The summed E-state index contributed by atoms with van der Waals surface area (Å²) in [6, 6.07) is 4.08. The zero-order valence-corrected chi connectivity index (χ0v) is 17.0. The molecule has 0 spiro atoms. The van der Waals surface area contributed by atoms with Gasteiger partial charge in [-0.3, -0.25) is 9.59 Å². The van der Waals surface area contributed by atoms with Gasteiger partial charge in [0.25, 0.3) is 5.91 Å². The van der Waals surface area contributed by atoms with Crippen molar-refractivity contribution in [3.8, 4) is 5.75 Å². The van der Waals surface area contributed by atoms with Crippen molar-refractivity contribution < 1.29 is 14.3 Å². The second-order valence-electron chi connectivity index (χ2n) is 8.44. The van der Waals surface area contributed by atoms with Crippen LogP contribution in [0.5, 0.6) is 5.75 Å². The Morgan fingerprint density at radius 2 is 1.42 bits per heavy atom. The first-order valence-corrected chi connectivity index (χ1v) is 9.33. The molecule has 5 heteroatoms. The van der Waals surface area contributed by atoms with Crippen LogP contribution in [0.4, 0.5) is 0 Å². The van der Waals surface area contributed by atoms with Gasteiger partial charge >= 0.3 is 0 Å². The molecule has 0 bridgehead atoms. The lowest BCUT2D eigenvalue weighted by atomic mass is 9.91. The van der Waals surface area contributed by atoms with Crippen LogP contribution in [0.3, 0.4) is 0 Å². The molecule has 1 aromatic rings. The van der Waals surface area contributed by atoms with Crippen molar-refractivity contribution in [2.75, 3.05) is 32.8 Å². The van der Waals surface area contributed by atoms with Crippen LogP contribution in [0.1, 0.15) is 43.9 Å². The molecule has 2 amide bonds. The van der Waals surface area contributed by atoms with Gasteiger partial charge in [-0.15, -0.1) is 0 Å². The molecule has 144 valence electrons. The summed E-state index contributed by atoms with van der Waals surface area (Å²) in [6.45, 7) is 14.6. The van der Waals surface area contributed by atoms with Crippen molar-refractivity contribution in [1.82, 2.24) is 9.80 Å². The summed E-state index contributed by atoms with van der Waals surface area (Å²) in [5.74, 6) is 0.956. The van der Waals surface area contributed by atoms with Gasteiger partial charge in [-0.05, 0) is 42.9 Å². The average Bonchev–Trinajstić information content (AvgIpc) is 2.56. The summed E-state index contributed by atoms with van der Waals surface area (Å²) < 4.78 is 5.83. The Hall–Kier alpha value is -2.04. The summed E-state index contributed by atoms with van der Waals surface area (Å²) >= 11 is 0. The molecule has 1 heterocycles. The van der Waals surface area contributed by atoms with Crippen LogP contribution in [-0.2, 0) is 9.59 Å². The molecule has 1 saturated heterocycles. The van der Waals surface area contributed by atoms with E-state index in [9.17, 15) is 9.59 Å². The highest BCUT2D eigenvalue weighted by atomic mass is 16.5. The van der Waals surface area contributed by atoms with E-state index in [0.717, 1.165) is 22.4 Å². The van der Waals surface area contributed by atoms with Crippen LogP contribution < -0.4 is 4.74 Å². The first-order chi connectivity index (χ1) is 12.1. The molecule has 1 fully saturated rings. The molecular formula is C21H32N2O3. The third-order valence-corrected chi connectivity index (χ3v) is 4.88. The van der Waals surface area contributed by atoms with Gasteiger partial charge in [-0.25, -0.2) is 0 Å². The van der Waals surface area contributed by atoms with Crippen LogP contribution in [0.15, 0.2) is 12.1 Å². The van der Waals surface area contributed by atoms with Gasteiger partial charge in [0.15, 0.2) is 6.61 Å². The highest BCUT2D eigenvalue weighted by Gasteiger charge is 2.27. The van der Waals surface area contributed by atoms with E-state index in [-0.39, 0.29) is 23.8 Å². The van der Waals surface area contributed by atoms with Crippen molar-refractivity contribution in [2.45, 2.75) is 48.0 Å². The van der Waals surface area contributed by atoms with Crippen molar-refractivity contribution in [1.29, 1.82) is 0 Å². The predicted octanol–water partition coefficient (Wildman–Crippen LogP) is 3.10. The summed E-state index contributed by atoms with van der Waals surface area (Å²) in [6.07, 6.45) is 0.538. The Morgan fingerprint density at radius 3 is 1.96 bits per heavy atom. The van der Waals surface area contributed by atoms with E-state index in [2.05, 4.69) is 26.8 Å². The van der Waals surface area contributed by atoms with E-state index in [1.165, 1.54) is 0 Å². The second-order valence-corrected chi connectivity index (χ2v) is 8.44. The molecule has 2 rings (SSSR count). The molecule has 0 saturated carbocycles. The molecule has 0 atom stereocenters. The quantitative estimate of drug-likeness (QED) is 0.829. The lowest BCUT2D eigenvalue weighted by Gasteiger charge is -2.36. The SMILES string of the molecule is Cc1ccc(C)c(OCC(=O)N2CCN(C(=O)CC(C)(C)C)CC2)c1C. The third-order valence-electron chi connectivity index (χ3n) is 4.88. The summed E-state index contributed by atoms with van der Waals surface area (Å²) in [5.41, 5.74) is 3.26. The number of nitrogens with zero attached hydrogens (tertiary/aromatic N) is 2. The van der Waals surface area contributed by atoms with Gasteiger partial charge in [-0.1, -0.05) is 32.9 Å². The molecule has 0 aromatic heterocycles. The Kier molecular flexibility index (Phi) is 6.32. The Morgan fingerprint density at radius 1 is 0.923 bits per heavy atom. The molecule has 0 aliphatic carbocycles. The Balaban J connectivity index is 1.86. The van der Waals surface area contributed by atoms with Crippen LogP contribution in [0.2, 0.25) is 0 Å². The number of hydrogen-bond donors (Lipinski definition) is 0. The summed E-state index contributed by atoms with van der Waals surface area (Å²) in [5, 5.41) is 0. The predicted molar refractivity (Wildman–Crippen MR) is 103 cm³/mol. The molecule has 26 heavy (non-hydrogen) atoms. The van der Waals surface area contributed by atoms with Crippen LogP contribution in [0, 0.1) is 26.2 Å².